The maximum absolute atomic E-state index is 11.7. The van der Waals surface area contributed by atoms with Gasteiger partial charge in [-0.2, -0.15) is 0 Å². The van der Waals surface area contributed by atoms with Gasteiger partial charge in [0.05, 0.1) is 12.1 Å². The Hall–Kier alpha value is -1.88. The Morgan fingerprint density at radius 2 is 2.25 bits per heavy atom. The Kier molecular flexibility index (Phi) is 1.79. The summed E-state index contributed by atoms with van der Waals surface area (Å²) in [4.78, 5) is 23.0. The summed E-state index contributed by atoms with van der Waals surface area (Å²) in [6.07, 6.45) is -0.304. The van der Waals surface area contributed by atoms with Gasteiger partial charge in [0.15, 0.2) is 11.4 Å². The van der Waals surface area contributed by atoms with E-state index in [1.807, 2.05) is 0 Å². The number of nitrogens with zero attached hydrogens (tertiary/aromatic N) is 1. The van der Waals surface area contributed by atoms with E-state index in [2.05, 4.69) is 0 Å². The number of epoxide rings is 1. The first-order chi connectivity index (χ1) is 7.66. The summed E-state index contributed by atoms with van der Waals surface area (Å²) < 4.78 is 11.3. The number of carbonyl (C=O) groups is 1. The lowest BCUT2D eigenvalue weighted by atomic mass is 10.1. The van der Waals surface area contributed by atoms with Gasteiger partial charge in [-0.1, -0.05) is 0 Å². The van der Waals surface area contributed by atoms with Crippen molar-refractivity contribution in [2.24, 2.45) is 7.05 Å². The molecule has 5 heteroatoms. The molecule has 0 amide bonds. The Bertz CT molecular complexity index is 633. The third-order valence-corrected chi connectivity index (χ3v) is 2.70. The number of benzene rings is 1. The zero-order valence-corrected chi connectivity index (χ0v) is 8.60. The number of Topliss-reactive ketones (excluding diaryl/α,β-unsaturated/α-hetero) is 1. The van der Waals surface area contributed by atoms with E-state index < -0.39 is 5.76 Å². The molecule has 1 aromatic carbocycles. The molecular weight excluding hydrogens is 210 g/mol. The van der Waals surface area contributed by atoms with Gasteiger partial charge in [0.25, 0.3) is 0 Å². The zero-order valence-electron chi connectivity index (χ0n) is 8.60. The fourth-order valence-corrected chi connectivity index (χ4v) is 1.67. The summed E-state index contributed by atoms with van der Waals surface area (Å²) in [5.74, 6) is -0.474. The quantitative estimate of drug-likeness (QED) is 0.551. The molecule has 2 aromatic rings. The van der Waals surface area contributed by atoms with Gasteiger partial charge in [-0.05, 0) is 18.2 Å². The first-order valence-electron chi connectivity index (χ1n) is 4.92. The molecule has 3 rings (SSSR count). The average molecular weight is 219 g/mol. The maximum Gasteiger partial charge on any atom is 0.419 e. The molecule has 1 saturated heterocycles. The normalized spacial score (nSPS) is 18.9. The van der Waals surface area contributed by atoms with Crippen LogP contribution in [0, 0.1) is 0 Å². The molecule has 2 heterocycles. The summed E-state index contributed by atoms with van der Waals surface area (Å²) >= 11 is 0. The van der Waals surface area contributed by atoms with Crippen molar-refractivity contribution in [3.05, 3.63) is 34.3 Å². The Morgan fingerprint density at radius 3 is 2.94 bits per heavy atom. The molecule has 5 nitrogen and oxygen atoms in total. The number of rotatable bonds is 2. The van der Waals surface area contributed by atoms with Crippen LogP contribution in [0.3, 0.4) is 0 Å². The standard InChI is InChI=1S/C11H9NO4/c1-12-7-4-6(10(13)9-5-15-9)2-3-8(7)16-11(12)14/h2-4,9H,5H2,1H3. The molecule has 1 aliphatic rings. The minimum absolute atomic E-state index is 0.0458. The molecule has 0 aliphatic carbocycles. The fraction of sp³-hybridized carbons (Fsp3) is 0.273. The third-order valence-electron chi connectivity index (χ3n) is 2.70. The number of aromatic nitrogens is 1. The van der Waals surface area contributed by atoms with Crippen molar-refractivity contribution in [3.8, 4) is 0 Å². The van der Waals surface area contributed by atoms with Crippen LogP contribution in [0.1, 0.15) is 10.4 Å². The predicted molar refractivity (Wildman–Crippen MR) is 55.5 cm³/mol. The highest BCUT2D eigenvalue weighted by Gasteiger charge is 2.32. The van der Waals surface area contributed by atoms with E-state index in [1.165, 1.54) is 4.57 Å². The van der Waals surface area contributed by atoms with Gasteiger partial charge >= 0.3 is 5.76 Å². The van der Waals surface area contributed by atoms with Crippen LogP contribution >= 0.6 is 0 Å². The highest BCUT2D eigenvalue weighted by molar-refractivity contribution is 6.02. The van der Waals surface area contributed by atoms with E-state index in [-0.39, 0.29) is 11.9 Å². The Labute approximate surface area is 90.2 Å². The van der Waals surface area contributed by atoms with Crippen LogP contribution < -0.4 is 5.76 Å². The molecule has 82 valence electrons. The third kappa shape index (κ3) is 1.29. The molecular formula is C11H9NO4. The summed E-state index contributed by atoms with van der Waals surface area (Å²) in [5.41, 5.74) is 1.66. The number of ketones is 1. The van der Waals surface area contributed by atoms with E-state index in [0.717, 1.165) is 0 Å². The van der Waals surface area contributed by atoms with Crippen molar-refractivity contribution in [2.45, 2.75) is 6.10 Å². The van der Waals surface area contributed by atoms with Crippen molar-refractivity contribution in [1.29, 1.82) is 0 Å². The summed E-state index contributed by atoms with van der Waals surface area (Å²) in [5, 5.41) is 0. The van der Waals surface area contributed by atoms with E-state index in [1.54, 1.807) is 25.2 Å². The van der Waals surface area contributed by atoms with E-state index in [4.69, 9.17) is 9.15 Å². The van der Waals surface area contributed by atoms with Gasteiger partial charge < -0.3 is 9.15 Å². The lowest BCUT2D eigenvalue weighted by molar-refractivity contribution is 0.0954. The minimum Gasteiger partial charge on any atom is -0.408 e. The van der Waals surface area contributed by atoms with Crippen molar-refractivity contribution in [3.63, 3.8) is 0 Å². The highest BCUT2D eigenvalue weighted by atomic mass is 16.6. The molecule has 0 spiro atoms. The molecule has 1 fully saturated rings. The molecule has 1 aromatic heterocycles. The number of carbonyl (C=O) groups excluding carboxylic acids is 1. The molecule has 16 heavy (non-hydrogen) atoms. The molecule has 0 saturated carbocycles. The summed E-state index contributed by atoms with van der Waals surface area (Å²) in [6.45, 7) is 0.487. The van der Waals surface area contributed by atoms with Gasteiger partial charge in [-0.3, -0.25) is 9.36 Å². The predicted octanol–water partition coefficient (Wildman–Crippen LogP) is 0.713. The van der Waals surface area contributed by atoms with Crippen molar-refractivity contribution < 1.29 is 13.9 Å². The fourth-order valence-electron chi connectivity index (χ4n) is 1.67. The lowest BCUT2D eigenvalue weighted by Gasteiger charge is -1.97. The average Bonchev–Trinajstić information content (AvgIpc) is 3.07. The Morgan fingerprint density at radius 1 is 1.50 bits per heavy atom. The first-order valence-corrected chi connectivity index (χ1v) is 4.92. The second-order valence-electron chi connectivity index (χ2n) is 3.80. The number of oxazole rings is 1. The molecule has 1 unspecified atom stereocenters. The second kappa shape index (κ2) is 3.05. The molecule has 0 bridgehead atoms. The highest BCUT2D eigenvalue weighted by Crippen LogP contribution is 2.20. The van der Waals surface area contributed by atoms with Crippen molar-refractivity contribution >= 4 is 16.9 Å². The van der Waals surface area contributed by atoms with Gasteiger partial charge in [-0.15, -0.1) is 0 Å². The number of hydrogen-bond donors (Lipinski definition) is 0. The SMILES string of the molecule is Cn1c(=O)oc2ccc(C(=O)C3CO3)cc21. The van der Waals surface area contributed by atoms with E-state index >= 15 is 0 Å². The smallest absolute Gasteiger partial charge is 0.408 e. The first kappa shape index (κ1) is 9.35. The van der Waals surface area contributed by atoms with Crippen LogP contribution in [-0.4, -0.2) is 23.1 Å². The number of aryl methyl sites for hydroxylation is 1. The van der Waals surface area contributed by atoms with Crippen molar-refractivity contribution in [2.75, 3.05) is 6.61 Å². The van der Waals surface area contributed by atoms with E-state index in [0.29, 0.717) is 23.3 Å². The van der Waals surface area contributed by atoms with Crippen LogP contribution in [0.5, 0.6) is 0 Å². The number of hydrogen-bond acceptors (Lipinski definition) is 4. The topological polar surface area (TPSA) is 64.7 Å². The van der Waals surface area contributed by atoms with Gasteiger partial charge in [0, 0.05) is 12.6 Å². The number of ether oxygens (including phenoxy) is 1. The second-order valence-corrected chi connectivity index (χ2v) is 3.80. The number of fused-ring (bicyclic) bond motifs is 1. The molecule has 0 N–H and O–H groups in total. The maximum atomic E-state index is 11.7. The largest absolute Gasteiger partial charge is 0.419 e. The zero-order chi connectivity index (χ0) is 11.3. The van der Waals surface area contributed by atoms with Gasteiger partial charge in [0.1, 0.15) is 6.10 Å². The van der Waals surface area contributed by atoms with Crippen LogP contribution in [0.15, 0.2) is 27.4 Å². The van der Waals surface area contributed by atoms with Crippen LogP contribution in [0.25, 0.3) is 11.1 Å². The minimum atomic E-state index is -0.428. The van der Waals surface area contributed by atoms with E-state index in [9.17, 15) is 9.59 Å². The molecule has 0 radical (unpaired) electrons. The van der Waals surface area contributed by atoms with Crippen LogP contribution in [-0.2, 0) is 11.8 Å². The molecule has 1 aliphatic heterocycles. The van der Waals surface area contributed by atoms with Gasteiger partial charge in [-0.25, -0.2) is 4.79 Å². The van der Waals surface area contributed by atoms with Gasteiger partial charge in [0.2, 0.25) is 0 Å². The summed E-state index contributed by atoms with van der Waals surface area (Å²) in [6, 6.07) is 4.94. The van der Waals surface area contributed by atoms with Crippen molar-refractivity contribution in [1.82, 2.24) is 4.57 Å². The Balaban J connectivity index is 2.17. The molecule has 1 atom stereocenters. The van der Waals surface area contributed by atoms with Crippen LogP contribution in [0.4, 0.5) is 0 Å². The van der Waals surface area contributed by atoms with Crippen LogP contribution in [0.2, 0.25) is 0 Å². The summed E-state index contributed by atoms with van der Waals surface area (Å²) in [7, 11) is 1.61. The monoisotopic (exact) mass is 219 g/mol. The lowest BCUT2D eigenvalue weighted by Crippen LogP contribution is -2.09.